The van der Waals surface area contributed by atoms with Gasteiger partial charge in [0.2, 0.25) is 0 Å². The highest BCUT2D eigenvalue weighted by Gasteiger charge is 2.10. The average molecular weight is 369 g/mol. The van der Waals surface area contributed by atoms with E-state index < -0.39 is 0 Å². The molecule has 0 aliphatic rings. The van der Waals surface area contributed by atoms with Gasteiger partial charge in [0.25, 0.3) is 0 Å². The van der Waals surface area contributed by atoms with Crippen LogP contribution in [0.15, 0.2) is 67.4 Å². The van der Waals surface area contributed by atoms with Crippen LogP contribution >= 0.6 is 0 Å². The van der Waals surface area contributed by atoms with Crippen molar-refractivity contribution in [3.8, 4) is 0 Å². The van der Waals surface area contributed by atoms with Crippen molar-refractivity contribution in [2.75, 3.05) is 5.32 Å². The van der Waals surface area contributed by atoms with Gasteiger partial charge in [-0.25, -0.2) is 9.50 Å². The van der Waals surface area contributed by atoms with Gasteiger partial charge < -0.3 is 5.32 Å². The number of fused-ring (bicyclic) bond motifs is 2. The van der Waals surface area contributed by atoms with E-state index in [2.05, 4.69) is 50.6 Å². The van der Waals surface area contributed by atoms with Crippen LogP contribution in [0, 0.1) is 0 Å². The molecule has 0 radical (unpaired) electrons. The average Bonchev–Trinajstić information content (AvgIpc) is 3.33. The summed E-state index contributed by atoms with van der Waals surface area (Å²) in [6, 6.07) is 14.2. The Labute approximate surface area is 161 Å². The highest BCUT2D eigenvalue weighted by molar-refractivity contribution is 5.85. The second-order valence-electron chi connectivity index (χ2n) is 6.62. The number of nitrogens with zero attached hydrogens (tertiary/aromatic N) is 6. The van der Waals surface area contributed by atoms with Crippen LogP contribution in [0.25, 0.3) is 16.4 Å². The van der Waals surface area contributed by atoms with Gasteiger partial charge in [0, 0.05) is 23.5 Å². The van der Waals surface area contributed by atoms with Crippen LogP contribution in [-0.2, 0) is 13.0 Å². The summed E-state index contributed by atoms with van der Waals surface area (Å²) in [7, 11) is 0. The summed E-state index contributed by atoms with van der Waals surface area (Å²) in [5.41, 5.74) is 5.25. The van der Waals surface area contributed by atoms with E-state index in [9.17, 15) is 0 Å². The first kappa shape index (κ1) is 16.4. The van der Waals surface area contributed by atoms with Crippen LogP contribution in [0.5, 0.6) is 0 Å². The van der Waals surface area contributed by atoms with Gasteiger partial charge in [0.1, 0.15) is 11.8 Å². The Morgan fingerprint density at radius 2 is 2.00 bits per heavy atom. The summed E-state index contributed by atoms with van der Waals surface area (Å²) in [5.74, 6) is 0.803. The summed E-state index contributed by atoms with van der Waals surface area (Å²) in [6.07, 6.45) is 8.15. The fourth-order valence-corrected chi connectivity index (χ4v) is 3.47. The van der Waals surface area contributed by atoms with Crippen LogP contribution in [0.2, 0.25) is 0 Å². The van der Waals surface area contributed by atoms with Crippen molar-refractivity contribution in [3.05, 3.63) is 78.6 Å². The van der Waals surface area contributed by atoms with E-state index in [1.807, 2.05) is 45.9 Å². The van der Waals surface area contributed by atoms with E-state index in [-0.39, 0.29) is 0 Å². The molecule has 1 N–H and O–H groups in total. The SMILES string of the molecule is CCc1ccn2ncnc(Nc3ccc4c(cnn4Cc4ccccn4)c3)c12. The predicted molar refractivity (Wildman–Crippen MR) is 109 cm³/mol. The van der Waals surface area contributed by atoms with E-state index in [1.165, 1.54) is 5.56 Å². The van der Waals surface area contributed by atoms with Gasteiger partial charge >= 0.3 is 0 Å². The number of nitrogens with one attached hydrogen (secondary N) is 1. The number of pyridine rings is 1. The minimum absolute atomic E-state index is 0.646. The van der Waals surface area contributed by atoms with Crippen molar-refractivity contribution in [1.82, 2.24) is 29.4 Å². The van der Waals surface area contributed by atoms with Crippen molar-refractivity contribution < 1.29 is 0 Å². The molecule has 0 saturated carbocycles. The third kappa shape index (κ3) is 2.87. The van der Waals surface area contributed by atoms with E-state index in [0.717, 1.165) is 40.0 Å². The zero-order chi connectivity index (χ0) is 18.9. The summed E-state index contributed by atoms with van der Waals surface area (Å²) in [4.78, 5) is 8.84. The van der Waals surface area contributed by atoms with Crippen LogP contribution < -0.4 is 5.32 Å². The van der Waals surface area contributed by atoms with Gasteiger partial charge in [-0.15, -0.1) is 0 Å². The van der Waals surface area contributed by atoms with Crippen LogP contribution in [0.1, 0.15) is 18.2 Å². The molecule has 0 amide bonds. The van der Waals surface area contributed by atoms with Gasteiger partial charge in [0.05, 0.1) is 24.0 Å². The molecule has 138 valence electrons. The maximum atomic E-state index is 4.53. The molecule has 5 rings (SSSR count). The molecule has 4 heterocycles. The number of hydrogen-bond acceptors (Lipinski definition) is 5. The highest BCUT2D eigenvalue weighted by atomic mass is 15.3. The Morgan fingerprint density at radius 3 is 2.86 bits per heavy atom. The summed E-state index contributed by atoms with van der Waals surface area (Å²) in [5, 5.41) is 13.3. The Kier molecular flexibility index (Phi) is 3.97. The predicted octanol–water partition coefficient (Wildman–Crippen LogP) is 3.83. The molecule has 0 aliphatic heterocycles. The smallest absolute Gasteiger partial charge is 0.158 e. The molecular formula is C21H19N7. The largest absolute Gasteiger partial charge is 0.338 e. The highest BCUT2D eigenvalue weighted by Crippen LogP contribution is 2.26. The minimum atomic E-state index is 0.646. The first-order valence-electron chi connectivity index (χ1n) is 9.25. The summed E-state index contributed by atoms with van der Waals surface area (Å²) >= 11 is 0. The molecule has 7 heteroatoms. The monoisotopic (exact) mass is 369 g/mol. The molecule has 0 saturated heterocycles. The quantitative estimate of drug-likeness (QED) is 0.510. The van der Waals surface area contributed by atoms with Crippen molar-refractivity contribution in [1.29, 1.82) is 0 Å². The fraction of sp³-hybridized carbons (Fsp3) is 0.143. The van der Waals surface area contributed by atoms with Gasteiger partial charge in [0.15, 0.2) is 5.82 Å². The van der Waals surface area contributed by atoms with E-state index >= 15 is 0 Å². The second-order valence-corrected chi connectivity index (χ2v) is 6.62. The lowest BCUT2D eigenvalue weighted by atomic mass is 10.2. The molecule has 0 unspecified atom stereocenters. The number of aromatic nitrogens is 6. The Bertz CT molecular complexity index is 1250. The zero-order valence-corrected chi connectivity index (χ0v) is 15.4. The van der Waals surface area contributed by atoms with Crippen LogP contribution in [0.3, 0.4) is 0 Å². The third-order valence-corrected chi connectivity index (χ3v) is 4.86. The Hall–Kier alpha value is -3.74. The third-order valence-electron chi connectivity index (χ3n) is 4.86. The van der Waals surface area contributed by atoms with Gasteiger partial charge in [-0.1, -0.05) is 13.0 Å². The topological polar surface area (TPSA) is 72.9 Å². The normalized spacial score (nSPS) is 11.3. The molecule has 1 aromatic carbocycles. The fourth-order valence-electron chi connectivity index (χ4n) is 3.47. The molecule has 7 nitrogen and oxygen atoms in total. The number of anilines is 2. The molecule has 5 aromatic rings. The van der Waals surface area contributed by atoms with Gasteiger partial charge in [-0.2, -0.15) is 10.2 Å². The zero-order valence-electron chi connectivity index (χ0n) is 15.4. The number of aryl methyl sites for hydroxylation is 1. The van der Waals surface area contributed by atoms with Gasteiger partial charge in [-0.3, -0.25) is 9.67 Å². The first-order valence-corrected chi connectivity index (χ1v) is 9.25. The molecule has 0 aliphatic carbocycles. The molecule has 0 bridgehead atoms. The maximum absolute atomic E-state index is 4.53. The molecule has 0 fully saturated rings. The standard InChI is InChI=1S/C21H19N7/c1-2-15-8-10-27-20(15)21(23-14-25-27)26-17-6-7-19-16(11-17)12-24-28(19)13-18-5-3-4-9-22-18/h3-12,14H,2,13H2,1H3,(H,23,25,26). The van der Waals surface area contributed by atoms with Crippen LogP contribution in [-0.4, -0.2) is 29.4 Å². The molecule has 0 spiro atoms. The van der Waals surface area contributed by atoms with Crippen molar-refractivity contribution in [3.63, 3.8) is 0 Å². The first-order chi connectivity index (χ1) is 13.8. The minimum Gasteiger partial charge on any atom is -0.338 e. The van der Waals surface area contributed by atoms with Crippen LogP contribution in [0.4, 0.5) is 11.5 Å². The summed E-state index contributed by atoms with van der Waals surface area (Å²) in [6.45, 7) is 2.78. The summed E-state index contributed by atoms with van der Waals surface area (Å²) < 4.78 is 3.82. The van der Waals surface area contributed by atoms with Crippen molar-refractivity contribution in [2.24, 2.45) is 0 Å². The molecule has 0 atom stereocenters. The van der Waals surface area contributed by atoms with Crippen molar-refractivity contribution >= 4 is 27.9 Å². The lowest BCUT2D eigenvalue weighted by molar-refractivity contribution is 0.696. The van der Waals surface area contributed by atoms with E-state index in [4.69, 9.17) is 0 Å². The van der Waals surface area contributed by atoms with Gasteiger partial charge in [-0.05, 0) is 48.4 Å². The van der Waals surface area contributed by atoms with E-state index in [1.54, 1.807) is 12.5 Å². The molecule has 4 aromatic heterocycles. The maximum Gasteiger partial charge on any atom is 0.158 e. The van der Waals surface area contributed by atoms with E-state index in [0.29, 0.717) is 6.54 Å². The Morgan fingerprint density at radius 1 is 1.04 bits per heavy atom. The molecular weight excluding hydrogens is 350 g/mol. The second kappa shape index (κ2) is 6.77. The Balaban J connectivity index is 1.47. The number of rotatable bonds is 5. The lowest BCUT2D eigenvalue weighted by Crippen LogP contribution is -2.03. The van der Waals surface area contributed by atoms with Crippen molar-refractivity contribution in [2.45, 2.75) is 19.9 Å². The number of benzene rings is 1. The molecule has 28 heavy (non-hydrogen) atoms. The lowest BCUT2D eigenvalue weighted by Gasteiger charge is -2.09. The number of hydrogen-bond donors (Lipinski definition) is 1.